The van der Waals surface area contributed by atoms with Crippen LogP contribution in [-0.2, 0) is 27.2 Å². The maximum absolute atomic E-state index is 13.7. The average molecular weight is 515 g/mol. The normalized spacial score (nSPS) is 18.1. The van der Waals surface area contributed by atoms with Crippen LogP contribution in [0.25, 0.3) is 0 Å². The minimum Gasteiger partial charge on any atom is -0.508 e. The summed E-state index contributed by atoms with van der Waals surface area (Å²) < 4.78 is 13.7. The molecule has 0 spiro atoms. The number of phenolic OH excluding ortho intramolecular Hbond substituents is 1. The fourth-order valence-corrected chi connectivity index (χ4v) is 5.23. The van der Waals surface area contributed by atoms with Gasteiger partial charge in [-0.15, -0.1) is 0 Å². The number of nitrogens with zero attached hydrogens (tertiary/aromatic N) is 2. The van der Waals surface area contributed by atoms with E-state index in [1.54, 1.807) is 12.1 Å². The van der Waals surface area contributed by atoms with Crippen LogP contribution in [0.2, 0.25) is 0 Å². The van der Waals surface area contributed by atoms with Crippen LogP contribution in [0, 0.1) is 17.7 Å². The van der Waals surface area contributed by atoms with Crippen LogP contribution < -0.4 is 0 Å². The lowest BCUT2D eigenvalue weighted by atomic mass is 9.84. The van der Waals surface area contributed by atoms with Crippen molar-refractivity contribution in [2.75, 3.05) is 26.2 Å². The number of hydrogen-bond acceptors (Lipinski definition) is 5. The van der Waals surface area contributed by atoms with Crippen LogP contribution >= 0.6 is 0 Å². The van der Waals surface area contributed by atoms with Crippen molar-refractivity contribution in [2.45, 2.75) is 45.6 Å². The van der Waals surface area contributed by atoms with E-state index < -0.39 is 11.9 Å². The summed E-state index contributed by atoms with van der Waals surface area (Å²) in [6, 6.07) is 12.5. The van der Waals surface area contributed by atoms with Crippen molar-refractivity contribution in [2.24, 2.45) is 11.8 Å². The molecule has 0 bridgehead atoms. The molecule has 1 atom stereocenters. The van der Waals surface area contributed by atoms with E-state index in [0.29, 0.717) is 12.3 Å². The number of fused-ring (bicyclic) bond motifs is 1. The first-order valence-corrected chi connectivity index (χ1v) is 12.6. The maximum Gasteiger partial charge on any atom is 0.414 e. The number of aromatic hydroxyl groups is 1. The first-order valence-electron chi connectivity index (χ1n) is 12.6. The molecule has 8 nitrogen and oxygen atoms in total. The Kier molecular flexibility index (Phi) is 9.63. The third-order valence-electron chi connectivity index (χ3n) is 7.04. The molecule has 0 aromatic heterocycles. The Morgan fingerprint density at radius 2 is 1.68 bits per heavy atom. The van der Waals surface area contributed by atoms with Crippen LogP contribution in [0.3, 0.4) is 0 Å². The van der Waals surface area contributed by atoms with Crippen LogP contribution in [0.15, 0.2) is 42.5 Å². The molecule has 200 valence electrons. The van der Waals surface area contributed by atoms with Gasteiger partial charge < -0.3 is 25.1 Å². The maximum atomic E-state index is 13.7. The van der Waals surface area contributed by atoms with Crippen molar-refractivity contribution in [1.82, 2.24) is 9.80 Å². The first kappa shape index (κ1) is 28.1. The number of carbonyl (C=O) groups excluding carboxylic acids is 1. The third-order valence-corrected chi connectivity index (χ3v) is 7.04. The number of rotatable bonds is 5. The summed E-state index contributed by atoms with van der Waals surface area (Å²) in [5.74, 6) is -2.91. The van der Waals surface area contributed by atoms with E-state index in [2.05, 4.69) is 23.6 Å². The smallest absolute Gasteiger partial charge is 0.414 e. The molecule has 2 aromatic carbocycles. The van der Waals surface area contributed by atoms with Gasteiger partial charge in [-0.25, -0.2) is 14.0 Å². The van der Waals surface area contributed by atoms with E-state index in [4.69, 9.17) is 19.8 Å². The molecule has 2 aliphatic rings. The van der Waals surface area contributed by atoms with E-state index in [-0.39, 0.29) is 29.6 Å². The number of carbonyl (C=O) groups is 3. The van der Waals surface area contributed by atoms with Gasteiger partial charge in [-0.3, -0.25) is 4.79 Å². The number of phenols is 1. The molecule has 9 heteroatoms. The van der Waals surface area contributed by atoms with Gasteiger partial charge >= 0.3 is 11.9 Å². The first-order chi connectivity index (χ1) is 17.6. The number of carboxylic acids is 2. The Bertz CT molecular complexity index is 1100. The lowest BCUT2D eigenvalue weighted by molar-refractivity contribution is -0.159. The zero-order chi connectivity index (χ0) is 27.1. The number of likely N-dealkylation sites (tertiary alicyclic amines) is 1. The van der Waals surface area contributed by atoms with Gasteiger partial charge in [0.05, 0.1) is 6.04 Å². The van der Waals surface area contributed by atoms with Crippen LogP contribution in [0.5, 0.6) is 5.75 Å². The summed E-state index contributed by atoms with van der Waals surface area (Å²) in [7, 11) is 0. The number of benzene rings is 2. The largest absolute Gasteiger partial charge is 0.508 e. The molecule has 37 heavy (non-hydrogen) atoms. The van der Waals surface area contributed by atoms with E-state index in [9.17, 15) is 14.3 Å². The average Bonchev–Trinajstić information content (AvgIpc) is 2.87. The number of carboxylic acid groups (broad SMARTS) is 2. The molecular weight excluding hydrogens is 479 g/mol. The molecular formula is C28H35FN2O6. The predicted octanol–water partition coefficient (Wildman–Crippen LogP) is 3.72. The highest BCUT2D eigenvalue weighted by molar-refractivity contribution is 6.27. The van der Waals surface area contributed by atoms with E-state index >= 15 is 0 Å². The summed E-state index contributed by atoms with van der Waals surface area (Å²) in [6.45, 7) is 7.77. The van der Waals surface area contributed by atoms with Gasteiger partial charge in [0.15, 0.2) is 0 Å². The summed E-state index contributed by atoms with van der Waals surface area (Å²) in [4.78, 5) is 36.2. The van der Waals surface area contributed by atoms with Crippen molar-refractivity contribution < 1.29 is 34.1 Å². The number of halogens is 1. The molecule has 1 amide bonds. The van der Waals surface area contributed by atoms with Gasteiger partial charge in [-0.1, -0.05) is 32.0 Å². The second kappa shape index (κ2) is 12.7. The number of amides is 1. The van der Waals surface area contributed by atoms with E-state index in [1.165, 1.54) is 6.07 Å². The van der Waals surface area contributed by atoms with Crippen LogP contribution in [-0.4, -0.2) is 69.1 Å². The molecule has 2 aromatic rings. The molecule has 2 heterocycles. The standard InChI is InChI=1S/C26H33FN2O2.C2H2O4/c1-18(2)25-24-7-6-22(27)17-21(24)11-15-29(25)26(31)20-9-13-28(14-10-20)12-8-19-4-3-5-23(30)16-19;3-1(4)2(5)6/h3-7,16-18,20,25,30H,8-15H2,1-2H3;(H,3,4)(H,5,6). The Morgan fingerprint density at radius 3 is 2.27 bits per heavy atom. The molecule has 0 saturated carbocycles. The van der Waals surface area contributed by atoms with Crippen molar-refractivity contribution >= 4 is 17.8 Å². The minimum atomic E-state index is -1.82. The van der Waals surface area contributed by atoms with Crippen molar-refractivity contribution in [3.8, 4) is 5.75 Å². The van der Waals surface area contributed by atoms with Crippen molar-refractivity contribution in [3.05, 3.63) is 65.0 Å². The van der Waals surface area contributed by atoms with Gasteiger partial charge in [-0.2, -0.15) is 0 Å². The Morgan fingerprint density at radius 1 is 1.00 bits per heavy atom. The van der Waals surface area contributed by atoms with Gasteiger partial charge in [0.1, 0.15) is 11.6 Å². The van der Waals surface area contributed by atoms with Gasteiger partial charge in [0, 0.05) is 19.0 Å². The zero-order valence-corrected chi connectivity index (χ0v) is 21.3. The molecule has 1 unspecified atom stereocenters. The molecule has 3 N–H and O–H groups in total. The van der Waals surface area contributed by atoms with Gasteiger partial charge in [0.2, 0.25) is 5.91 Å². The number of piperidine rings is 1. The highest BCUT2D eigenvalue weighted by atomic mass is 19.1. The van der Waals surface area contributed by atoms with Gasteiger partial charge in [0.25, 0.3) is 0 Å². The van der Waals surface area contributed by atoms with Crippen molar-refractivity contribution in [3.63, 3.8) is 0 Å². The number of aliphatic carboxylic acids is 2. The van der Waals surface area contributed by atoms with Crippen molar-refractivity contribution in [1.29, 1.82) is 0 Å². The molecule has 4 rings (SSSR count). The Balaban J connectivity index is 0.000000568. The minimum absolute atomic E-state index is 0.0284. The summed E-state index contributed by atoms with van der Waals surface area (Å²) in [5, 5.41) is 24.4. The molecule has 0 aliphatic carbocycles. The highest BCUT2D eigenvalue weighted by Crippen LogP contribution is 2.37. The SMILES string of the molecule is CC(C)C1c2ccc(F)cc2CCN1C(=O)C1CCN(CCc2cccc(O)c2)CC1.O=C(O)C(=O)O. The highest BCUT2D eigenvalue weighted by Gasteiger charge is 2.37. The van der Waals surface area contributed by atoms with Crippen LogP contribution in [0.1, 0.15) is 49.4 Å². The molecule has 2 aliphatic heterocycles. The molecule has 1 saturated heterocycles. The fourth-order valence-electron chi connectivity index (χ4n) is 5.23. The number of hydrogen-bond donors (Lipinski definition) is 3. The van der Waals surface area contributed by atoms with Crippen LogP contribution in [0.4, 0.5) is 4.39 Å². The molecule has 1 fully saturated rings. The second-order valence-electron chi connectivity index (χ2n) is 9.96. The van der Waals surface area contributed by atoms with Gasteiger partial charge in [-0.05, 0) is 85.6 Å². The summed E-state index contributed by atoms with van der Waals surface area (Å²) in [5.41, 5.74) is 3.30. The Labute approximate surface area is 216 Å². The summed E-state index contributed by atoms with van der Waals surface area (Å²) >= 11 is 0. The van der Waals surface area contributed by atoms with E-state index in [1.807, 2.05) is 24.3 Å². The topological polar surface area (TPSA) is 118 Å². The lowest BCUT2D eigenvalue weighted by Crippen LogP contribution is -2.47. The second-order valence-corrected chi connectivity index (χ2v) is 9.96. The fraction of sp³-hybridized carbons (Fsp3) is 0.464. The predicted molar refractivity (Wildman–Crippen MR) is 136 cm³/mol. The van der Waals surface area contributed by atoms with E-state index in [0.717, 1.165) is 62.0 Å². The molecule has 0 radical (unpaired) electrons. The lowest BCUT2D eigenvalue weighted by Gasteiger charge is -2.42. The summed E-state index contributed by atoms with van der Waals surface area (Å²) in [6.07, 6.45) is 3.40. The Hall–Kier alpha value is -3.46. The monoisotopic (exact) mass is 514 g/mol. The quantitative estimate of drug-likeness (QED) is 0.521. The third kappa shape index (κ3) is 7.52. The zero-order valence-electron chi connectivity index (χ0n) is 21.3.